The van der Waals surface area contributed by atoms with E-state index in [9.17, 15) is 29.1 Å². The number of aromatic hydroxyl groups is 1. The van der Waals surface area contributed by atoms with Crippen LogP contribution in [0.15, 0.2) is 107 Å². The van der Waals surface area contributed by atoms with Gasteiger partial charge in [0.15, 0.2) is 11.9 Å². The zero-order chi connectivity index (χ0) is 78.4. The number of nitrogens with one attached hydrogen (secondary N) is 7. The third-order valence-electron chi connectivity index (χ3n) is 19.0. The molecule has 4 aromatic rings. The molecule has 6 rings (SSSR count). The Bertz CT molecular complexity index is 3670. The summed E-state index contributed by atoms with van der Waals surface area (Å²) < 4.78 is 11.8. The SMILES string of the molecule is COC(C)(C)CCOC(C)(C)CCCN1CCN(CC(=O)N[C@@H](Cc2ccc(O)cc2)C(=O)N[C@@H](Cc2ccc3ccccc3c2)C(=O)N[C@@H](CC(C)C)C(=O)N[C@@H](Cc2ccccc2)C(=O)N[C@@H](CCCN=C(N)N)C(=O)N2CCC[C@H]2C(=O)N[C@@H](CCCN=C(N)N)C(=O)N[C@@H](CC(N)=O)C(N)=O)CC1. The molecule has 0 radical (unpaired) electrons. The summed E-state index contributed by atoms with van der Waals surface area (Å²) in [7, 11) is 1.70. The molecule has 2 heterocycles. The number of carbonyl (C=O) groups excluding carboxylic acids is 10. The summed E-state index contributed by atoms with van der Waals surface area (Å²) in [5.74, 6) is -8.45. The van der Waals surface area contributed by atoms with Gasteiger partial charge in [0.2, 0.25) is 59.1 Å². The number of nitrogens with two attached hydrogens (primary N) is 6. The van der Waals surface area contributed by atoms with Crippen LogP contribution in [-0.4, -0.2) is 223 Å². The number of phenols is 1. The molecule has 8 atom stereocenters. The average molecular weight is 1490 g/mol. The van der Waals surface area contributed by atoms with Crippen molar-refractivity contribution in [1.82, 2.24) is 51.9 Å². The van der Waals surface area contributed by atoms with Gasteiger partial charge in [-0.3, -0.25) is 62.8 Å². The van der Waals surface area contributed by atoms with Crippen molar-refractivity contribution < 1.29 is 62.5 Å². The highest BCUT2D eigenvalue weighted by molar-refractivity contribution is 5.99. The standard InChI is InChI=1S/C76H114N18O13/c1-48(2)41-58(67(100)90-60(43-49-17-9-8-10-18-49)69(102)87-56(22-14-33-84-74(81)82)72(105)94-35-15-23-62(94)71(104)86-55(21-13-32-83-73(79)80)66(99)88-57(65(78)98)46-63(77)96)89-70(103)61(45-51-24-27-52-19-11-12-20-53(52)42-51)91-68(101)59(44-50-25-28-54(95)29-26-50)85-64(97)47-93-38-36-92(37-39-93)34-16-30-76(5,6)107-40-31-75(3,4)106-7/h8-12,17-20,24-29,42,48,55-62,95H,13-16,21-23,30-41,43-47H2,1-7H3,(H2,77,96)(H2,78,98)(H,85,97)(H,86,104)(H,87,102)(H,88,99)(H,89,103)(H,90,100)(H,91,101)(H4,79,80,83)(H4,81,82,84)/t55-,56-,57-,58-,59-,60-,61-,62-/m0/s1. The molecule has 2 aliphatic heterocycles. The van der Waals surface area contributed by atoms with E-state index >= 15 is 24.0 Å². The van der Waals surface area contributed by atoms with Gasteiger partial charge in [-0.2, -0.15) is 0 Å². The number of aliphatic imine (C=N–C) groups is 2. The smallest absolute Gasteiger partial charge is 0.245 e. The maximum absolute atomic E-state index is 15.3. The molecule has 0 unspecified atom stereocenters. The third-order valence-corrected chi connectivity index (χ3v) is 19.0. The fourth-order valence-corrected chi connectivity index (χ4v) is 12.8. The average Bonchev–Trinajstić information content (AvgIpc) is 1.79. The van der Waals surface area contributed by atoms with Crippen LogP contribution in [0.2, 0.25) is 0 Å². The number of nitrogens with zero attached hydrogens (tertiary/aromatic N) is 5. The van der Waals surface area contributed by atoms with Gasteiger partial charge in [0, 0.05) is 72.2 Å². The monoisotopic (exact) mass is 1490 g/mol. The van der Waals surface area contributed by atoms with Gasteiger partial charge in [-0.15, -0.1) is 0 Å². The number of fused-ring (bicyclic) bond motifs is 1. The Labute approximate surface area is 627 Å². The number of methoxy groups -OCH3 is 1. The Hall–Kier alpha value is -9.98. The van der Waals surface area contributed by atoms with Gasteiger partial charge < -0.3 is 96.0 Å². The second kappa shape index (κ2) is 42.4. The molecule has 2 aliphatic rings. The first-order valence-corrected chi connectivity index (χ1v) is 36.8. The van der Waals surface area contributed by atoms with Crippen molar-refractivity contribution in [2.24, 2.45) is 50.3 Å². The van der Waals surface area contributed by atoms with E-state index in [2.05, 4.69) is 65.9 Å². The van der Waals surface area contributed by atoms with E-state index < -0.39 is 114 Å². The van der Waals surface area contributed by atoms with Crippen LogP contribution in [0.25, 0.3) is 10.8 Å². The number of hydrogen-bond donors (Lipinski definition) is 14. The van der Waals surface area contributed by atoms with Crippen molar-refractivity contribution in [2.45, 2.75) is 191 Å². The Balaban J connectivity index is 1.23. The van der Waals surface area contributed by atoms with E-state index in [-0.39, 0.29) is 119 Å². The van der Waals surface area contributed by atoms with Crippen molar-refractivity contribution in [3.63, 3.8) is 0 Å². The maximum atomic E-state index is 15.3. The summed E-state index contributed by atoms with van der Waals surface area (Å²) in [6, 6.07) is 17.5. The fraction of sp³-hybridized carbons (Fsp3) is 0.553. The maximum Gasteiger partial charge on any atom is 0.245 e. The van der Waals surface area contributed by atoms with Crippen LogP contribution in [0.4, 0.5) is 0 Å². The van der Waals surface area contributed by atoms with Gasteiger partial charge in [0.25, 0.3) is 0 Å². The van der Waals surface area contributed by atoms with Crippen LogP contribution in [0.1, 0.15) is 129 Å². The molecule has 2 fully saturated rings. The van der Waals surface area contributed by atoms with Crippen LogP contribution in [-0.2, 0) is 76.7 Å². The molecular formula is C76H114N18O13. The van der Waals surface area contributed by atoms with Crippen LogP contribution < -0.4 is 71.6 Å². The quantitative estimate of drug-likeness (QED) is 0.0163. The number of amides is 10. The van der Waals surface area contributed by atoms with Gasteiger partial charge in [-0.25, -0.2) is 0 Å². The molecule has 31 heteroatoms. The third kappa shape index (κ3) is 30.1. The molecule has 4 aromatic carbocycles. The second-order valence-electron chi connectivity index (χ2n) is 29.3. The highest BCUT2D eigenvalue weighted by Gasteiger charge is 2.41. The van der Waals surface area contributed by atoms with Gasteiger partial charge in [0.1, 0.15) is 54.1 Å². The van der Waals surface area contributed by atoms with Crippen molar-refractivity contribution in [2.75, 3.05) is 72.6 Å². The summed E-state index contributed by atoms with van der Waals surface area (Å²) >= 11 is 0. The Morgan fingerprint density at radius 2 is 1.05 bits per heavy atom. The summed E-state index contributed by atoms with van der Waals surface area (Å²) in [5, 5.41) is 31.6. The number of primary amides is 2. The minimum Gasteiger partial charge on any atom is -0.508 e. The Morgan fingerprint density at radius 3 is 1.63 bits per heavy atom. The summed E-state index contributed by atoms with van der Waals surface area (Å²) in [4.78, 5) is 156. The zero-order valence-corrected chi connectivity index (χ0v) is 63.0. The molecule has 586 valence electrons. The molecule has 2 saturated heterocycles. The summed E-state index contributed by atoms with van der Waals surface area (Å²) in [6.07, 6.45) is 2.41. The summed E-state index contributed by atoms with van der Waals surface area (Å²) in [6.45, 7) is 16.2. The number of phenolic OH excluding ortho intramolecular Hbond substituents is 1. The van der Waals surface area contributed by atoms with Crippen molar-refractivity contribution in [3.8, 4) is 5.75 Å². The van der Waals surface area contributed by atoms with Gasteiger partial charge in [0.05, 0.1) is 30.8 Å². The van der Waals surface area contributed by atoms with Gasteiger partial charge in [-0.1, -0.05) is 98.8 Å². The number of guanidine groups is 2. The highest BCUT2D eigenvalue weighted by atomic mass is 16.5. The first kappa shape index (κ1) is 85.9. The van der Waals surface area contributed by atoms with E-state index in [4.69, 9.17) is 43.9 Å². The first-order valence-electron chi connectivity index (χ1n) is 36.8. The van der Waals surface area contributed by atoms with Crippen LogP contribution in [0, 0.1) is 5.92 Å². The molecule has 0 spiro atoms. The van der Waals surface area contributed by atoms with E-state index in [0.717, 1.165) is 49.7 Å². The van der Waals surface area contributed by atoms with E-state index in [1.807, 2.05) is 75.1 Å². The van der Waals surface area contributed by atoms with E-state index in [1.54, 1.807) is 49.6 Å². The summed E-state index contributed by atoms with van der Waals surface area (Å²) in [5.41, 5.74) is 34.5. The first-order chi connectivity index (χ1) is 50.8. The number of rotatable bonds is 44. The number of likely N-dealkylation sites (tertiary alicyclic amines) is 1. The Kier molecular flexibility index (Phi) is 34.0. The van der Waals surface area contributed by atoms with Crippen molar-refractivity contribution >= 4 is 81.8 Å². The van der Waals surface area contributed by atoms with Crippen molar-refractivity contribution in [3.05, 3.63) is 114 Å². The predicted molar refractivity (Wildman–Crippen MR) is 408 cm³/mol. The molecule has 31 nitrogen and oxygen atoms in total. The topological polar surface area (TPSA) is 484 Å². The molecule has 10 amide bonds. The van der Waals surface area contributed by atoms with Gasteiger partial charge in [-0.05, 0) is 144 Å². The zero-order valence-electron chi connectivity index (χ0n) is 63.0. The van der Waals surface area contributed by atoms with Crippen LogP contribution in [0.3, 0.4) is 0 Å². The molecule has 107 heavy (non-hydrogen) atoms. The predicted octanol–water partition coefficient (Wildman–Crippen LogP) is 0.480. The normalized spacial score (nSPS) is 16.1. The molecule has 0 aliphatic carbocycles. The van der Waals surface area contributed by atoms with Crippen molar-refractivity contribution in [1.29, 1.82) is 0 Å². The second-order valence-corrected chi connectivity index (χ2v) is 29.3. The minimum absolute atomic E-state index is 0.00221. The molecule has 0 saturated carbocycles. The lowest BCUT2D eigenvalue weighted by molar-refractivity contribution is -0.142. The van der Waals surface area contributed by atoms with E-state index in [1.165, 1.54) is 17.0 Å². The fourth-order valence-electron chi connectivity index (χ4n) is 12.8. The van der Waals surface area contributed by atoms with E-state index in [0.29, 0.717) is 42.8 Å². The number of piperazine rings is 1. The number of hydrogen-bond acceptors (Lipinski definition) is 17. The number of benzene rings is 4. The van der Waals surface area contributed by atoms with Gasteiger partial charge >= 0.3 is 0 Å². The molecule has 0 bridgehead atoms. The molecular weight excluding hydrogens is 1370 g/mol. The minimum atomic E-state index is -1.51. The number of carbonyl (C=O) groups is 10. The lowest BCUT2D eigenvalue weighted by Gasteiger charge is -2.35. The molecule has 20 N–H and O–H groups in total. The lowest BCUT2D eigenvalue weighted by Crippen LogP contribution is -2.61. The largest absolute Gasteiger partial charge is 0.508 e. The number of ether oxygens (including phenoxy) is 2. The molecule has 0 aromatic heterocycles. The van der Waals surface area contributed by atoms with Crippen LogP contribution >= 0.6 is 0 Å². The van der Waals surface area contributed by atoms with Crippen LogP contribution in [0.5, 0.6) is 5.75 Å². The Morgan fingerprint density at radius 1 is 0.542 bits per heavy atom. The lowest BCUT2D eigenvalue weighted by atomic mass is 9.98. The highest BCUT2D eigenvalue weighted by Crippen LogP contribution is 2.24.